The van der Waals surface area contributed by atoms with E-state index in [1.807, 2.05) is 12.1 Å². The third-order valence-corrected chi connectivity index (χ3v) is 3.96. The van der Waals surface area contributed by atoms with E-state index in [9.17, 15) is 9.90 Å². The van der Waals surface area contributed by atoms with E-state index in [4.69, 9.17) is 16.3 Å². The van der Waals surface area contributed by atoms with Crippen LogP contribution in [-0.4, -0.2) is 17.6 Å². The Hall–Kier alpha value is -2.04. The first-order chi connectivity index (χ1) is 11.1. The van der Waals surface area contributed by atoms with Crippen LogP contribution in [0.2, 0.25) is 5.02 Å². The molecule has 2 N–H and O–H groups in total. The number of nitrogens with one attached hydrogen (secondary N) is 1. The van der Waals surface area contributed by atoms with Gasteiger partial charge in [-0.2, -0.15) is 0 Å². The lowest BCUT2D eigenvalue weighted by Crippen LogP contribution is -2.13. The molecule has 4 nitrogen and oxygen atoms in total. The maximum atomic E-state index is 11.8. The number of halogens is 1. The highest BCUT2D eigenvalue weighted by Gasteiger charge is 2.29. The summed E-state index contributed by atoms with van der Waals surface area (Å²) in [5, 5.41) is 13.6. The SMILES string of the molecule is O=C(Nc1cccc(OCC(O)c2ccc(Cl)cc2)c1)C1CC1. The number of carbonyl (C=O) groups is 1. The summed E-state index contributed by atoms with van der Waals surface area (Å²) in [7, 11) is 0. The minimum atomic E-state index is -0.739. The van der Waals surface area contributed by atoms with Crippen molar-refractivity contribution in [3.05, 3.63) is 59.1 Å². The van der Waals surface area contributed by atoms with Crippen LogP contribution >= 0.6 is 11.6 Å². The maximum Gasteiger partial charge on any atom is 0.227 e. The Kier molecular flexibility index (Phi) is 4.84. The number of anilines is 1. The molecular formula is C18H18ClNO3. The normalized spacial score (nSPS) is 15.0. The lowest BCUT2D eigenvalue weighted by Gasteiger charge is -2.13. The first kappa shape index (κ1) is 15.8. The van der Waals surface area contributed by atoms with Gasteiger partial charge in [0.1, 0.15) is 18.5 Å². The van der Waals surface area contributed by atoms with Gasteiger partial charge in [0.15, 0.2) is 0 Å². The van der Waals surface area contributed by atoms with Crippen molar-refractivity contribution in [3.8, 4) is 5.75 Å². The van der Waals surface area contributed by atoms with Gasteiger partial charge in [-0.1, -0.05) is 29.8 Å². The third kappa shape index (κ3) is 4.47. The molecule has 0 bridgehead atoms. The highest BCUT2D eigenvalue weighted by atomic mass is 35.5. The van der Waals surface area contributed by atoms with Crippen LogP contribution in [0.3, 0.4) is 0 Å². The molecule has 1 atom stereocenters. The molecule has 0 radical (unpaired) electrons. The summed E-state index contributed by atoms with van der Waals surface area (Å²) in [4.78, 5) is 11.8. The van der Waals surface area contributed by atoms with E-state index < -0.39 is 6.10 Å². The summed E-state index contributed by atoms with van der Waals surface area (Å²) in [6, 6.07) is 14.2. The van der Waals surface area contributed by atoms with Crippen LogP contribution in [0.4, 0.5) is 5.69 Å². The third-order valence-electron chi connectivity index (χ3n) is 3.71. The van der Waals surface area contributed by atoms with Gasteiger partial charge in [0.25, 0.3) is 0 Å². The fraction of sp³-hybridized carbons (Fsp3) is 0.278. The van der Waals surface area contributed by atoms with Crippen molar-refractivity contribution in [2.24, 2.45) is 5.92 Å². The number of aliphatic hydroxyl groups is 1. The molecule has 1 aliphatic carbocycles. The van der Waals surface area contributed by atoms with E-state index in [0.717, 1.165) is 18.4 Å². The minimum Gasteiger partial charge on any atom is -0.490 e. The predicted octanol–water partition coefficient (Wildman–Crippen LogP) is 3.80. The number of hydrogen-bond donors (Lipinski definition) is 2. The van der Waals surface area contributed by atoms with Crippen molar-refractivity contribution in [3.63, 3.8) is 0 Å². The van der Waals surface area contributed by atoms with Gasteiger partial charge in [-0.15, -0.1) is 0 Å². The quantitative estimate of drug-likeness (QED) is 0.846. The summed E-state index contributed by atoms with van der Waals surface area (Å²) in [6.07, 6.45) is 1.20. The van der Waals surface area contributed by atoms with Gasteiger partial charge >= 0.3 is 0 Å². The van der Waals surface area contributed by atoms with Crippen molar-refractivity contribution < 1.29 is 14.6 Å². The molecule has 0 aliphatic heterocycles. The molecule has 3 rings (SSSR count). The summed E-state index contributed by atoms with van der Waals surface area (Å²) < 4.78 is 5.62. The van der Waals surface area contributed by atoms with Crippen LogP contribution in [0, 0.1) is 5.92 Å². The number of ether oxygens (including phenoxy) is 1. The van der Waals surface area contributed by atoms with Gasteiger partial charge in [-0.25, -0.2) is 0 Å². The average Bonchev–Trinajstić information content (AvgIpc) is 3.38. The average molecular weight is 332 g/mol. The molecule has 1 amide bonds. The fourth-order valence-corrected chi connectivity index (χ4v) is 2.34. The second kappa shape index (κ2) is 7.02. The summed E-state index contributed by atoms with van der Waals surface area (Å²) in [5.74, 6) is 0.821. The van der Waals surface area contributed by atoms with E-state index in [-0.39, 0.29) is 18.4 Å². The van der Waals surface area contributed by atoms with Gasteiger partial charge in [-0.3, -0.25) is 4.79 Å². The van der Waals surface area contributed by atoms with E-state index in [1.165, 1.54) is 0 Å². The lowest BCUT2D eigenvalue weighted by molar-refractivity contribution is -0.117. The van der Waals surface area contributed by atoms with E-state index in [2.05, 4.69) is 5.32 Å². The topological polar surface area (TPSA) is 58.6 Å². The van der Waals surface area contributed by atoms with Crippen LogP contribution in [0.25, 0.3) is 0 Å². The van der Waals surface area contributed by atoms with Crippen molar-refractivity contribution in [1.29, 1.82) is 0 Å². The molecule has 0 aromatic heterocycles. The van der Waals surface area contributed by atoms with Gasteiger partial charge < -0.3 is 15.2 Å². The highest BCUT2D eigenvalue weighted by Crippen LogP contribution is 2.30. The molecule has 0 spiro atoms. The van der Waals surface area contributed by atoms with Crippen LogP contribution < -0.4 is 10.1 Å². The minimum absolute atomic E-state index is 0.0587. The Balaban J connectivity index is 1.57. The van der Waals surface area contributed by atoms with E-state index in [0.29, 0.717) is 16.5 Å². The number of rotatable bonds is 6. The monoisotopic (exact) mass is 331 g/mol. The van der Waals surface area contributed by atoms with Gasteiger partial charge in [0.05, 0.1) is 0 Å². The number of hydrogen-bond acceptors (Lipinski definition) is 3. The van der Waals surface area contributed by atoms with Gasteiger partial charge in [-0.05, 0) is 42.7 Å². The largest absolute Gasteiger partial charge is 0.490 e. The zero-order chi connectivity index (χ0) is 16.2. The van der Waals surface area contributed by atoms with Gasteiger partial charge in [0.2, 0.25) is 5.91 Å². The molecule has 120 valence electrons. The molecule has 1 saturated carbocycles. The Bertz CT molecular complexity index is 683. The Morgan fingerprint density at radius 1 is 1.26 bits per heavy atom. The Morgan fingerprint density at radius 2 is 2.00 bits per heavy atom. The maximum absolute atomic E-state index is 11.8. The fourth-order valence-electron chi connectivity index (χ4n) is 2.21. The molecule has 1 unspecified atom stereocenters. The standard InChI is InChI=1S/C18H18ClNO3/c19-14-8-6-12(7-9-14)17(21)11-23-16-3-1-2-15(10-16)20-18(22)13-4-5-13/h1-3,6-10,13,17,21H,4-5,11H2,(H,20,22). The van der Waals surface area contributed by atoms with Crippen LogP contribution in [0.5, 0.6) is 5.75 Å². The lowest BCUT2D eigenvalue weighted by atomic mass is 10.1. The van der Waals surface area contributed by atoms with Gasteiger partial charge in [0, 0.05) is 22.7 Å². The Morgan fingerprint density at radius 3 is 2.70 bits per heavy atom. The molecule has 5 heteroatoms. The highest BCUT2D eigenvalue weighted by molar-refractivity contribution is 6.30. The summed E-state index contributed by atoms with van der Waals surface area (Å²) in [5.41, 5.74) is 1.45. The number of benzene rings is 2. The molecular weight excluding hydrogens is 314 g/mol. The molecule has 2 aromatic carbocycles. The van der Waals surface area contributed by atoms with E-state index in [1.54, 1.807) is 36.4 Å². The molecule has 0 saturated heterocycles. The van der Waals surface area contributed by atoms with Crippen LogP contribution in [0.15, 0.2) is 48.5 Å². The first-order valence-electron chi connectivity index (χ1n) is 7.59. The number of carbonyl (C=O) groups excluding carboxylic acids is 1. The molecule has 23 heavy (non-hydrogen) atoms. The van der Waals surface area contributed by atoms with Crippen molar-refractivity contribution in [1.82, 2.24) is 0 Å². The zero-order valence-electron chi connectivity index (χ0n) is 12.5. The molecule has 1 fully saturated rings. The van der Waals surface area contributed by atoms with Crippen molar-refractivity contribution >= 4 is 23.2 Å². The van der Waals surface area contributed by atoms with Crippen molar-refractivity contribution in [2.45, 2.75) is 18.9 Å². The summed E-state index contributed by atoms with van der Waals surface area (Å²) >= 11 is 5.83. The van der Waals surface area contributed by atoms with E-state index >= 15 is 0 Å². The first-order valence-corrected chi connectivity index (χ1v) is 7.97. The Labute approximate surface area is 140 Å². The van der Waals surface area contributed by atoms with Crippen molar-refractivity contribution in [2.75, 3.05) is 11.9 Å². The number of aliphatic hydroxyl groups excluding tert-OH is 1. The molecule has 0 heterocycles. The second-order valence-electron chi connectivity index (χ2n) is 5.67. The predicted molar refractivity (Wildman–Crippen MR) is 89.7 cm³/mol. The number of amides is 1. The zero-order valence-corrected chi connectivity index (χ0v) is 13.3. The smallest absolute Gasteiger partial charge is 0.227 e. The second-order valence-corrected chi connectivity index (χ2v) is 6.11. The molecule has 1 aliphatic rings. The van der Waals surface area contributed by atoms with Crippen LogP contribution in [0.1, 0.15) is 24.5 Å². The molecule has 2 aromatic rings. The van der Waals surface area contributed by atoms with Crippen LogP contribution in [-0.2, 0) is 4.79 Å². The summed E-state index contributed by atoms with van der Waals surface area (Å²) in [6.45, 7) is 0.127.